The Bertz CT molecular complexity index is 800. The fraction of sp³-hybridized carbons (Fsp3) is 0.476. The summed E-state index contributed by atoms with van der Waals surface area (Å²) in [6, 6.07) is 8.14. The number of urea groups is 1. The summed E-state index contributed by atoms with van der Waals surface area (Å²) in [7, 11) is 1.65. The SMILES string of the molecule is COc1ccc(-c2ncc3c(n2)CCN(C(=O)NC2CCCCC2)C3)cc1. The lowest BCUT2D eigenvalue weighted by atomic mass is 9.96. The Hall–Kier alpha value is -2.63. The van der Waals surface area contributed by atoms with Crippen molar-refractivity contribution in [2.24, 2.45) is 0 Å². The number of carbonyl (C=O) groups is 1. The Labute approximate surface area is 160 Å². The molecule has 0 spiro atoms. The van der Waals surface area contributed by atoms with E-state index in [1.807, 2.05) is 35.4 Å². The first-order valence-electron chi connectivity index (χ1n) is 9.77. The van der Waals surface area contributed by atoms with Crippen LogP contribution in [0.5, 0.6) is 5.75 Å². The minimum atomic E-state index is 0.0479. The summed E-state index contributed by atoms with van der Waals surface area (Å²) >= 11 is 0. The Morgan fingerprint density at radius 2 is 1.96 bits per heavy atom. The molecule has 1 aromatic heterocycles. The molecule has 2 amide bonds. The van der Waals surface area contributed by atoms with Crippen molar-refractivity contribution in [1.82, 2.24) is 20.2 Å². The third kappa shape index (κ3) is 4.04. The first kappa shape index (κ1) is 17.8. The maximum Gasteiger partial charge on any atom is 0.317 e. The van der Waals surface area contributed by atoms with E-state index in [0.29, 0.717) is 19.1 Å². The molecule has 1 aliphatic carbocycles. The van der Waals surface area contributed by atoms with Gasteiger partial charge in [-0.3, -0.25) is 0 Å². The van der Waals surface area contributed by atoms with E-state index >= 15 is 0 Å². The van der Waals surface area contributed by atoms with Crippen LogP contribution in [0.3, 0.4) is 0 Å². The summed E-state index contributed by atoms with van der Waals surface area (Å²) in [4.78, 5) is 23.7. The number of benzene rings is 1. The molecule has 6 heteroatoms. The molecule has 1 aliphatic heterocycles. The molecule has 1 fully saturated rings. The molecule has 0 radical (unpaired) electrons. The van der Waals surface area contributed by atoms with E-state index in [1.54, 1.807) is 7.11 Å². The number of nitrogens with one attached hydrogen (secondary N) is 1. The highest BCUT2D eigenvalue weighted by atomic mass is 16.5. The zero-order valence-corrected chi connectivity index (χ0v) is 15.8. The quantitative estimate of drug-likeness (QED) is 0.902. The number of amides is 2. The third-order valence-electron chi connectivity index (χ3n) is 5.50. The zero-order valence-electron chi connectivity index (χ0n) is 15.8. The largest absolute Gasteiger partial charge is 0.497 e. The molecular formula is C21H26N4O2. The van der Waals surface area contributed by atoms with Gasteiger partial charge in [0.2, 0.25) is 0 Å². The van der Waals surface area contributed by atoms with Crippen molar-refractivity contribution < 1.29 is 9.53 Å². The Balaban J connectivity index is 1.43. The van der Waals surface area contributed by atoms with Crippen LogP contribution in [0.4, 0.5) is 4.79 Å². The van der Waals surface area contributed by atoms with Gasteiger partial charge >= 0.3 is 6.03 Å². The van der Waals surface area contributed by atoms with Crippen molar-refractivity contribution in [2.75, 3.05) is 13.7 Å². The van der Waals surface area contributed by atoms with Crippen molar-refractivity contribution in [3.63, 3.8) is 0 Å². The lowest BCUT2D eigenvalue weighted by Crippen LogP contribution is -2.47. The van der Waals surface area contributed by atoms with Gasteiger partial charge in [0, 0.05) is 36.3 Å². The van der Waals surface area contributed by atoms with E-state index in [2.05, 4.69) is 10.3 Å². The summed E-state index contributed by atoms with van der Waals surface area (Å²) in [5, 5.41) is 3.20. The Morgan fingerprint density at radius 3 is 2.70 bits per heavy atom. The van der Waals surface area contributed by atoms with Crippen LogP contribution in [-0.2, 0) is 13.0 Å². The summed E-state index contributed by atoms with van der Waals surface area (Å²) < 4.78 is 5.20. The van der Waals surface area contributed by atoms with E-state index in [-0.39, 0.29) is 6.03 Å². The molecule has 1 aromatic carbocycles. The first-order valence-corrected chi connectivity index (χ1v) is 9.77. The second kappa shape index (κ2) is 7.94. The normalized spacial score (nSPS) is 17.3. The predicted molar refractivity (Wildman–Crippen MR) is 104 cm³/mol. The molecule has 27 heavy (non-hydrogen) atoms. The number of nitrogens with zero attached hydrogens (tertiary/aromatic N) is 3. The lowest BCUT2D eigenvalue weighted by molar-refractivity contribution is 0.184. The second-order valence-corrected chi connectivity index (χ2v) is 7.35. The lowest BCUT2D eigenvalue weighted by Gasteiger charge is -2.31. The predicted octanol–water partition coefficient (Wildman–Crippen LogP) is 3.55. The van der Waals surface area contributed by atoms with Crippen molar-refractivity contribution in [2.45, 2.75) is 51.1 Å². The maximum atomic E-state index is 12.6. The summed E-state index contributed by atoms with van der Waals surface area (Å²) in [6.45, 7) is 1.28. The number of aromatic nitrogens is 2. The van der Waals surface area contributed by atoms with Crippen LogP contribution < -0.4 is 10.1 Å². The number of rotatable bonds is 3. The molecule has 0 atom stereocenters. The first-order chi connectivity index (χ1) is 13.2. The topological polar surface area (TPSA) is 67.4 Å². The van der Waals surface area contributed by atoms with Crippen molar-refractivity contribution in [1.29, 1.82) is 0 Å². The molecule has 2 heterocycles. The molecule has 2 aliphatic rings. The third-order valence-corrected chi connectivity index (χ3v) is 5.50. The standard InChI is InChI=1S/C21H26N4O2/c1-27-18-9-7-15(8-10-18)20-22-13-16-14-25(12-11-19(16)24-20)21(26)23-17-5-3-2-4-6-17/h7-10,13,17H,2-6,11-12,14H2,1H3,(H,23,26). The van der Waals surface area contributed by atoms with Gasteiger partial charge in [-0.25, -0.2) is 14.8 Å². The highest BCUT2D eigenvalue weighted by Crippen LogP contribution is 2.23. The molecule has 4 rings (SSSR count). The Morgan fingerprint density at radius 1 is 1.19 bits per heavy atom. The fourth-order valence-corrected chi connectivity index (χ4v) is 3.88. The van der Waals surface area contributed by atoms with Gasteiger partial charge < -0.3 is 15.0 Å². The second-order valence-electron chi connectivity index (χ2n) is 7.35. The van der Waals surface area contributed by atoms with Gasteiger partial charge in [0.25, 0.3) is 0 Å². The van der Waals surface area contributed by atoms with E-state index in [4.69, 9.17) is 9.72 Å². The van der Waals surface area contributed by atoms with Crippen molar-refractivity contribution in [3.05, 3.63) is 41.7 Å². The zero-order chi connectivity index (χ0) is 18.6. The summed E-state index contributed by atoms with van der Waals surface area (Å²) in [6.07, 6.45) is 8.55. The van der Waals surface area contributed by atoms with Gasteiger partial charge in [-0.1, -0.05) is 19.3 Å². The van der Waals surface area contributed by atoms with E-state index in [0.717, 1.165) is 47.7 Å². The Kier molecular flexibility index (Phi) is 5.23. The summed E-state index contributed by atoms with van der Waals surface area (Å²) in [5.41, 5.74) is 3.05. The maximum absolute atomic E-state index is 12.6. The van der Waals surface area contributed by atoms with E-state index in [1.165, 1.54) is 19.3 Å². The van der Waals surface area contributed by atoms with Crippen molar-refractivity contribution >= 4 is 6.03 Å². The highest BCUT2D eigenvalue weighted by molar-refractivity contribution is 5.75. The van der Waals surface area contributed by atoms with Crippen LogP contribution in [0.15, 0.2) is 30.5 Å². The van der Waals surface area contributed by atoms with Gasteiger partial charge in [-0.15, -0.1) is 0 Å². The molecule has 2 aromatic rings. The van der Waals surface area contributed by atoms with Gasteiger partial charge in [-0.2, -0.15) is 0 Å². The number of fused-ring (bicyclic) bond motifs is 1. The molecule has 1 N–H and O–H groups in total. The van der Waals surface area contributed by atoms with Crippen LogP contribution in [0.1, 0.15) is 43.4 Å². The van der Waals surface area contributed by atoms with Crippen LogP contribution in [-0.4, -0.2) is 40.6 Å². The van der Waals surface area contributed by atoms with Crippen LogP contribution >= 0.6 is 0 Å². The van der Waals surface area contributed by atoms with Gasteiger partial charge in [0.15, 0.2) is 5.82 Å². The smallest absolute Gasteiger partial charge is 0.317 e. The highest BCUT2D eigenvalue weighted by Gasteiger charge is 2.24. The monoisotopic (exact) mass is 366 g/mol. The summed E-state index contributed by atoms with van der Waals surface area (Å²) in [5.74, 6) is 1.54. The molecule has 0 bridgehead atoms. The van der Waals surface area contributed by atoms with Gasteiger partial charge in [0.05, 0.1) is 19.3 Å². The van der Waals surface area contributed by atoms with Crippen LogP contribution in [0.25, 0.3) is 11.4 Å². The average molecular weight is 366 g/mol. The average Bonchev–Trinajstić information content (AvgIpc) is 2.74. The number of hydrogen-bond donors (Lipinski definition) is 1. The molecule has 0 saturated heterocycles. The van der Waals surface area contributed by atoms with Crippen LogP contribution in [0, 0.1) is 0 Å². The van der Waals surface area contributed by atoms with Gasteiger partial charge in [0.1, 0.15) is 5.75 Å². The van der Waals surface area contributed by atoms with Crippen LogP contribution in [0.2, 0.25) is 0 Å². The van der Waals surface area contributed by atoms with Crippen molar-refractivity contribution in [3.8, 4) is 17.1 Å². The number of ether oxygens (including phenoxy) is 1. The molecule has 142 valence electrons. The minimum absolute atomic E-state index is 0.0479. The molecular weight excluding hydrogens is 340 g/mol. The van der Waals surface area contributed by atoms with E-state index < -0.39 is 0 Å². The molecule has 0 unspecified atom stereocenters. The number of hydrogen-bond acceptors (Lipinski definition) is 4. The van der Waals surface area contributed by atoms with Gasteiger partial charge in [-0.05, 0) is 37.1 Å². The van der Waals surface area contributed by atoms with E-state index in [9.17, 15) is 4.79 Å². The fourth-order valence-electron chi connectivity index (χ4n) is 3.88. The molecule has 6 nitrogen and oxygen atoms in total. The number of carbonyl (C=O) groups excluding carboxylic acids is 1. The molecule has 1 saturated carbocycles. The number of methoxy groups -OCH3 is 1. The minimum Gasteiger partial charge on any atom is -0.497 e.